The number of benzene rings is 2. The number of hydrogen-bond acceptors (Lipinski definition) is 0. The van der Waals surface area contributed by atoms with Crippen LogP contribution >= 0.6 is 15.9 Å². The van der Waals surface area contributed by atoms with E-state index in [2.05, 4.69) is 86.1 Å². The van der Waals surface area contributed by atoms with Crippen LogP contribution in [0, 0.1) is 13.8 Å². The van der Waals surface area contributed by atoms with E-state index in [4.69, 9.17) is 0 Å². The summed E-state index contributed by atoms with van der Waals surface area (Å²) in [5.74, 6) is 0.587. The third kappa shape index (κ3) is 3.27. The van der Waals surface area contributed by atoms with Gasteiger partial charge in [0.05, 0.1) is 4.83 Å². The number of halogens is 1. The number of aryl methyl sites for hydroxylation is 2. The fraction of sp³-hybridized carbons (Fsp3) is 0.333. The number of alkyl halides is 1. The average Bonchev–Trinajstić information content (AvgIpc) is 2.38. The molecule has 0 aliphatic carbocycles. The van der Waals surface area contributed by atoms with Crippen LogP contribution < -0.4 is 0 Å². The maximum atomic E-state index is 3.83. The molecule has 0 saturated heterocycles. The van der Waals surface area contributed by atoms with Crippen LogP contribution in [0.4, 0.5) is 0 Å². The van der Waals surface area contributed by atoms with Crippen molar-refractivity contribution in [1.82, 2.24) is 0 Å². The molecule has 0 nitrogen and oxygen atoms in total. The van der Waals surface area contributed by atoms with Crippen LogP contribution in [0.2, 0.25) is 0 Å². The van der Waals surface area contributed by atoms with Crippen LogP contribution in [0.5, 0.6) is 0 Å². The molecule has 1 unspecified atom stereocenters. The topological polar surface area (TPSA) is 0 Å². The lowest BCUT2D eigenvalue weighted by Gasteiger charge is -2.15. The summed E-state index contributed by atoms with van der Waals surface area (Å²) in [6.07, 6.45) is 0. The molecule has 19 heavy (non-hydrogen) atoms. The van der Waals surface area contributed by atoms with Crippen LogP contribution in [0.25, 0.3) is 0 Å². The second kappa shape index (κ2) is 5.92. The molecule has 0 saturated carbocycles. The first-order valence-electron chi connectivity index (χ1n) is 6.80. The smallest absolute Gasteiger partial charge is 0.0647 e. The molecule has 0 aliphatic rings. The molecule has 100 valence electrons. The van der Waals surface area contributed by atoms with E-state index in [0.29, 0.717) is 5.92 Å². The van der Waals surface area contributed by atoms with Crippen molar-refractivity contribution in [2.75, 3.05) is 0 Å². The summed E-state index contributed by atoms with van der Waals surface area (Å²) in [7, 11) is 0. The molecule has 1 atom stereocenters. The highest BCUT2D eigenvalue weighted by molar-refractivity contribution is 9.09. The van der Waals surface area contributed by atoms with Gasteiger partial charge in [-0.3, -0.25) is 0 Å². The van der Waals surface area contributed by atoms with Gasteiger partial charge in [0.1, 0.15) is 0 Å². The Morgan fingerprint density at radius 2 is 1.42 bits per heavy atom. The Kier molecular flexibility index (Phi) is 4.46. The van der Waals surface area contributed by atoms with Crippen molar-refractivity contribution in [3.63, 3.8) is 0 Å². The van der Waals surface area contributed by atoms with E-state index in [0.717, 1.165) is 0 Å². The lowest BCUT2D eigenvalue weighted by Crippen LogP contribution is -1.97. The molecule has 2 rings (SSSR count). The minimum Gasteiger partial charge on any atom is -0.0786 e. The van der Waals surface area contributed by atoms with Crippen molar-refractivity contribution in [2.24, 2.45) is 0 Å². The minimum atomic E-state index is 0.273. The minimum absolute atomic E-state index is 0.273. The Bertz CT molecular complexity index is 552. The van der Waals surface area contributed by atoms with Crippen LogP contribution in [-0.4, -0.2) is 0 Å². The molecule has 0 heterocycles. The summed E-state index contributed by atoms with van der Waals surface area (Å²) in [6, 6.07) is 15.6. The Morgan fingerprint density at radius 1 is 0.842 bits per heavy atom. The maximum Gasteiger partial charge on any atom is 0.0647 e. The summed E-state index contributed by atoms with van der Waals surface area (Å²) in [5, 5.41) is 0. The van der Waals surface area contributed by atoms with Gasteiger partial charge in [0.25, 0.3) is 0 Å². The summed E-state index contributed by atoms with van der Waals surface area (Å²) in [4.78, 5) is 0.273. The lowest BCUT2D eigenvalue weighted by molar-refractivity contribution is 0.865. The largest absolute Gasteiger partial charge is 0.0786 e. The van der Waals surface area contributed by atoms with E-state index >= 15 is 0 Å². The maximum absolute atomic E-state index is 3.83. The van der Waals surface area contributed by atoms with Gasteiger partial charge in [0.2, 0.25) is 0 Å². The zero-order valence-corrected chi connectivity index (χ0v) is 13.7. The third-order valence-corrected chi connectivity index (χ3v) is 4.62. The van der Waals surface area contributed by atoms with E-state index in [1.165, 1.54) is 27.8 Å². The van der Waals surface area contributed by atoms with Crippen molar-refractivity contribution < 1.29 is 0 Å². The van der Waals surface area contributed by atoms with Crippen molar-refractivity contribution in [3.8, 4) is 0 Å². The Morgan fingerprint density at radius 3 is 1.95 bits per heavy atom. The fourth-order valence-electron chi connectivity index (χ4n) is 2.34. The molecule has 2 aromatic carbocycles. The van der Waals surface area contributed by atoms with E-state index in [-0.39, 0.29) is 4.83 Å². The first kappa shape index (κ1) is 14.3. The van der Waals surface area contributed by atoms with Crippen LogP contribution in [0.3, 0.4) is 0 Å². The van der Waals surface area contributed by atoms with Gasteiger partial charge < -0.3 is 0 Å². The van der Waals surface area contributed by atoms with Crippen LogP contribution in [-0.2, 0) is 0 Å². The zero-order valence-electron chi connectivity index (χ0n) is 12.1. The Labute approximate surface area is 125 Å². The van der Waals surface area contributed by atoms with Gasteiger partial charge in [-0.15, -0.1) is 0 Å². The highest BCUT2D eigenvalue weighted by Crippen LogP contribution is 2.33. The first-order chi connectivity index (χ1) is 8.99. The summed E-state index contributed by atoms with van der Waals surface area (Å²) < 4.78 is 0. The second-order valence-electron chi connectivity index (χ2n) is 5.54. The van der Waals surface area contributed by atoms with Gasteiger partial charge in [-0.2, -0.15) is 0 Å². The molecule has 0 amide bonds. The molecule has 0 fully saturated rings. The normalized spacial score (nSPS) is 12.7. The molecule has 0 N–H and O–H groups in total. The number of hydrogen-bond donors (Lipinski definition) is 0. The van der Waals surface area contributed by atoms with E-state index in [1.807, 2.05) is 0 Å². The molecule has 1 heteroatoms. The Hall–Kier alpha value is -1.08. The van der Waals surface area contributed by atoms with Gasteiger partial charge in [-0.05, 0) is 42.0 Å². The summed E-state index contributed by atoms with van der Waals surface area (Å²) in [5.41, 5.74) is 6.72. The predicted octanol–water partition coefficient (Wildman–Crippen LogP) is 5.91. The molecule has 2 aromatic rings. The average molecular weight is 317 g/mol. The number of rotatable bonds is 3. The first-order valence-corrected chi connectivity index (χ1v) is 7.71. The van der Waals surface area contributed by atoms with Gasteiger partial charge >= 0.3 is 0 Å². The molecular weight excluding hydrogens is 296 g/mol. The van der Waals surface area contributed by atoms with Gasteiger partial charge in [0.15, 0.2) is 0 Å². The third-order valence-electron chi connectivity index (χ3n) is 3.59. The fourth-order valence-corrected chi connectivity index (χ4v) is 3.16. The van der Waals surface area contributed by atoms with Crippen molar-refractivity contribution in [3.05, 3.63) is 70.3 Å². The monoisotopic (exact) mass is 316 g/mol. The molecular formula is C18H21Br. The molecule has 0 aliphatic heterocycles. The van der Waals surface area contributed by atoms with Gasteiger partial charge in [0, 0.05) is 0 Å². The van der Waals surface area contributed by atoms with Crippen LogP contribution in [0.1, 0.15) is 52.4 Å². The zero-order chi connectivity index (χ0) is 14.0. The SMILES string of the molecule is Cc1ccc(C(Br)c2ccc(C(C)C)cc2)c(C)c1. The summed E-state index contributed by atoms with van der Waals surface area (Å²) >= 11 is 3.83. The Balaban J connectivity index is 2.30. The highest BCUT2D eigenvalue weighted by atomic mass is 79.9. The second-order valence-corrected chi connectivity index (χ2v) is 6.46. The van der Waals surface area contributed by atoms with E-state index in [1.54, 1.807) is 0 Å². The molecule has 0 bridgehead atoms. The highest BCUT2D eigenvalue weighted by Gasteiger charge is 2.13. The molecule has 0 aromatic heterocycles. The van der Waals surface area contributed by atoms with Crippen molar-refractivity contribution in [2.45, 2.75) is 38.4 Å². The summed E-state index contributed by atoms with van der Waals surface area (Å²) in [6.45, 7) is 8.77. The lowest BCUT2D eigenvalue weighted by atomic mass is 9.96. The molecule has 0 radical (unpaired) electrons. The van der Waals surface area contributed by atoms with Crippen molar-refractivity contribution in [1.29, 1.82) is 0 Å². The van der Waals surface area contributed by atoms with E-state index < -0.39 is 0 Å². The molecule has 0 spiro atoms. The van der Waals surface area contributed by atoms with Crippen molar-refractivity contribution >= 4 is 15.9 Å². The van der Waals surface area contributed by atoms with Gasteiger partial charge in [-0.25, -0.2) is 0 Å². The predicted molar refractivity (Wildman–Crippen MR) is 87.2 cm³/mol. The van der Waals surface area contributed by atoms with Crippen LogP contribution in [0.15, 0.2) is 42.5 Å². The van der Waals surface area contributed by atoms with Gasteiger partial charge in [-0.1, -0.05) is 77.8 Å². The quantitative estimate of drug-likeness (QED) is 0.617. The standard InChI is InChI=1S/C18H21Br/c1-12(2)15-6-8-16(9-7-15)18(19)17-10-5-13(3)11-14(17)4/h5-12,18H,1-4H3. The van der Waals surface area contributed by atoms with E-state index in [9.17, 15) is 0 Å².